The molecule has 0 saturated carbocycles. The van der Waals surface area contributed by atoms with Gasteiger partial charge in [-0.2, -0.15) is 10.2 Å². The van der Waals surface area contributed by atoms with Gasteiger partial charge in [0.1, 0.15) is 10.9 Å². The molecule has 2 atom stereocenters. The smallest absolute Gasteiger partial charge is 0.345 e. The lowest BCUT2D eigenvalue weighted by Crippen LogP contribution is -2.67. The molecular formula is C22H30Cl2N6O6S. The fourth-order valence-corrected chi connectivity index (χ4v) is 6.34. The number of imidazole rings is 1. The van der Waals surface area contributed by atoms with Gasteiger partial charge < -0.3 is 25.1 Å². The number of anilines is 2. The van der Waals surface area contributed by atoms with Gasteiger partial charge in [-0.3, -0.25) is 4.79 Å². The van der Waals surface area contributed by atoms with Gasteiger partial charge in [0.2, 0.25) is 27.5 Å². The molecular weight excluding hydrogens is 547 g/mol. The van der Waals surface area contributed by atoms with E-state index in [9.17, 15) is 23.1 Å². The number of hydrogen-bond acceptors (Lipinski definition) is 8. The maximum Gasteiger partial charge on any atom is 0.345 e. The number of unbranched alkanes of at least 4 members (excludes halogenated alkanes) is 1. The molecule has 0 spiro atoms. The highest BCUT2D eigenvalue weighted by molar-refractivity contribution is 7.89. The van der Waals surface area contributed by atoms with Gasteiger partial charge >= 0.3 is 5.97 Å². The van der Waals surface area contributed by atoms with Crippen LogP contribution in [-0.4, -0.2) is 65.1 Å². The van der Waals surface area contributed by atoms with E-state index in [2.05, 4.69) is 25.5 Å². The molecule has 1 saturated heterocycles. The Morgan fingerprint density at radius 1 is 1.30 bits per heavy atom. The van der Waals surface area contributed by atoms with Crippen molar-refractivity contribution in [3.63, 3.8) is 0 Å². The Morgan fingerprint density at radius 2 is 1.95 bits per heavy atom. The molecule has 15 heteroatoms. The topological polar surface area (TPSA) is 166 Å². The lowest BCUT2D eigenvalue weighted by molar-refractivity contribution is -0.160. The zero-order valence-electron chi connectivity index (χ0n) is 20.8. The van der Waals surface area contributed by atoms with E-state index in [0.29, 0.717) is 30.9 Å². The minimum absolute atomic E-state index is 0.00879. The first kappa shape index (κ1) is 29.1. The molecule has 2 heterocycles. The van der Waals surface area contributed by atoms with Gasteiger partial charge in [-0.05, 0) is 45.7 Å². The number of carboxylic acids is 1. The summed E-state index contributed by atoms with van der Waals surface area (Å²) in [4.78, 5) is 38.5. The predicted molar refractivity (Wildman–Crippen MR) is 138 cm³/mol. The van der Waals surface area contributed by atoms with E-state index in [1.54, 1.807) is 0 Å². The summed E-state index contributed by atoms with van der Waals surface area (Å²) in [6, 6.07) is 1.84. The minimum atomic E-state index is -4.64. The third-order valence-electron chi connectivity index (χ3n) is 5.98. The summed E-state index contributed by atoms with van der Waals surface area (Å²) in [5.41, 5.74) is 2.18. The number of H-pyrrole nitrogens is 1. The summed E-state index contributed by atoms with van der Waals surface area (Å²) in [5, 5.41) is 12.6. The molecule has 1 amide bonds. The van der Waals surface area contributed by atoms with E-state index in [0.717, 1.165) is 23.2 Å². The molecule has 12 nitrogen and oxygen atoms in total. The van der Waals surface area contributed by atoms with Gasteiger partial charge in [-0.1, -0.05) is 36.5 Å². The van der Waals surface area contributed by atoms with Crippen molar-refractivity contribution < 1.29 is 28.0 Å². The second-order valence-electron chi connectivity index (χ2n) is 8.82. The van der Waals surface area contributed by atoms with E-state index in [1.165, 1.54) is 12.1 Å². The summed E-state index contributed by atoms with van der Waals surface area (Å²) < 4.78 is 29.1. The van der Waals surface area contributed by atoms with Crippen molar-refractivity contribution in [2.45, 2.75) is 63.6 Å². The van der Waals surface area contributed by atoms with Gasteiger partial charge in [-0.15, -0.1) is 0 Å². The Balaban J connectivity index is 1.96. The van der Waals surface area contributed by atoms with Crippen molar-refractivity contribution in [1.29, 1.82) is 0 Å². The summed E-state index contributed by atoms with van der Waals surface area (Å²) in [6.45, 7) is 6.89. The largest absolute Gasteiger partial charge is 0.478 e. The number of carbonyl (C=O) groups excluding carboxylic acids is 1. The molecule has 1 aromatic heterocycles. The molecule has 1 fully saturated rings. The Kier molecular flexibility index (Phi) is 9.09. The third kappa shape index (κ3) is 6.36. The average Bonchev–Trinajstić information content (AvgIpc) is 3.42. The Labute approximate surface area is 225 Å². The van der Waals surface area contributed by atoms with Crippen LogP contribution in [0.15, 0.2) is 17.0 Å². The van der Waals surface area contributed by atoms with Gasteiger partial charge in [0, 0.05) is 17.9 Å². The summed E-state index contributed by atoms with van der Waals surface area (Å²) in [6.07, 6.45) is 1.39. The Bertz CT molecular complexity index is 1240. The van der Waals surface area contributed by atoms with Crippen LogP contribution in [-0.2, 0) is 24.4 Å². The molecule has 204 valence electrons. The first-order valence-corrected chi connectivity index (χ1v) is 13.8. The van der Waals surface area contributed by atoms with Gasteiger partial charge in [0.15, 0.2) is 0 Å². The molecule has 1 aliphatic rings. The first-order valence-electron chi connectivity index (χ1n) is 11.6. The highest BCUT2D eigenvalue weighted by Gasteiger charge is 2.48. The van der Waals surface area contributed by atoms with Gasteiger partial charge in [0.25, 0.3) is 0 Å². The number of amides is 1. The number of nitrogens with one attached hydrogen (secondary N) is 4. The number of nitrogens with zero attached hydrogens (tertiary/aromatic N) is 2. The quantitative estimate of drug-likeness (QED) is 0.252. The molecule has 2 aromatic rings. The van der Waals surface area contributed by atoms with Crippen molar-refractivity contribution in [2.75, 3.05) is 18.5 Å². The first-order chi connectivity index (χ1) is 17.3. The number of aromatic nitrogens is 2. The van der Waals surface area contributed by atoms with Crippen LogP contribution >= 0.6 is 23.2 Å². The summed E-state index contributed by atoms with van der Waals surface area (Å²) >= 11 is 12.7. The minimum Gasteiger partial charge on any atom is -0.478 e. The molecule has 37 heavy (non-hydrogen) atoms. The number of halogens is 2. The fraction of sp³-hybridized carbons (Fsp3) is 0.500. The number of benzene rings is 1. The zero-order valence-corrected chi connectivity index (χ0v) is 23.1. The van der Waals surface area contributed by atoms with Crippen LogP contribution < -0.4 is 15.5 Å². The van der Waals surface area contributed by atoms with Crippen LogP contribution in [0.5, 0.6) is 0 Å². The molecule has 2 unspecified atom stereocenters. The SMILES string of the molecule is CCCCN(C(=O)C1CCON1)C(C)(NS(=O)(=O)c1c(Cl)cc(Nc2nc(C)c(C)[nH]2)cc1Cl)C(=O)O. The van der Waals surface area contributed by atoms with E-state index in [4.69, 9.17) is 28.0 Å². The number of hydrogen-bond donors (Lipinski definition) is 5. The third-order valence-corrected chi connectivity index (χ3v) is 8.44. The van der Waals surface area contributed by atoms with Crippen LogP contribution in [0, 0.1) is 13.8 Å². The molecule has 3 rings (SSSR count). The second kappa shape index (κ2) is 11.5. The lowest BCUT2D eigenvalue weighted by atomic mass is 10.1. The Hall–Kier alpha value is -2.42. The van der Waals surface area contributed by atoms with Gasteiger partial charge in [0.05, 0.1) is 22.3 Å². The number of hydroxylamine groups is 1. The average molecular weight is 577 g/mol. The second-order valence-corrected chi connectivity index (χ2v) is 11.3. The number of aryl methyl sites for hydroxylation is 2. The number of aliphatic carboxylic acids is 1. The van der Waals surface area contributed by atoms with E-state index >= 15 is 0 Å². The number of sulfonamides is 1. The molecule has 0 radical (unpaired) electrons. The summed E-state index contributed by atoms with van der Waals surface area (Å²) in [5.74, 6) is -1.78. The van der Waals surface area contributed by atoms with Crippen LogP contribution in [0.1, 0.15) is 44.5 Å². The van der Waals surface area contributed by atoms with Crippen molar-refractivity contribution in [1.82, 2.24) is 25.1 Å². The Morgan fingerprint density at radius 3 is 2.43 bits per heavy atom. The number of rotatable bonds is 11. The van der Waals surface area contributed by atoms with Gasteiger partial charge in [-0.25, -0.2) is 18.2 Å². The van der Waals surface area contributed by atoms with E-state index in [1.807, 2.05) is 20.8 Å². The van der Waals surface area contributed by atoms with Crippen LogP contribution in [0.4, 0.5) is 11.6 Å². The van der Waals surface area contributed by atoms with Crippen molar-refractivity contribution in [3.05, 3.63) is 33.6 Å². The molecule has 1 aliphatic heterocycles. The van der Waals surface area contributed by atoms with Crippen LogP contribution in [0.25, 0.3) is 0 Å². The number of carboxylic acid groups (broad SMARTS) is 1. The fourth-order valence-electron chi connectivity index (χ4n) is 3.79. The standard InChI is InChI=1S/C22H30Cl2N6O6S/c1-5-6-8-30(19(31)17-7-9-36-28-17)22(4,20(32)33)29-37(34,35)18-15(23)10-14(11-16(18)24)27-21-25-12(2)13(3)26-21/h10-11,17,28-29H,5-9H2,1-4H3,(H,32,33)(H2,25,26,27). The monoisotopic (exact) mass is 576 g/mol. The molecule has 0 aliphatic carbocycles. The predicted octanol–water partition coefficient (Wildman–Crippen LogP) is 3.08. The molecule has 1 aromatic carbocycles. The number of carbonyl (C=O) groups is 2. The van der Waals surface area contributed by atoms with Crippen LogP contribution in [0.3, 0.4) is 0 Å². The lowest BCUT2D eigenvalue weighted by Gasteiger charge is -2.39. The highest BCUT2D eigenvalue weighted by Crippen LogP contribution is 2.35. The molecule has 0 bridgehead atoms. The van der Waals surface area contributed by atoms with Crippen molar-refractivity contribution >= 4 is 56.7 Å². The normalized spacial score (nSPS) is 17.4. The van der Waals surface area contributed by atoms with Crippen molar-refractivity contribution in [3.8, 4) is 0 Å². The zero-order chi connectivity index (χ0) is 27.5. The van der Waals surface area contributed by atoms with E-state index < -0.39 is 38.5 Å². The van der Waals surface area contributed by atoms with E-state index in [-0.39, 0.29) is 23.2 Å². The maximum absolute atomic E-state index is 13.5. The van der Waals surface area contributed by atoms with Crippen LogP contribution in [0.2, 0.25) is 10.0 Å². The highest BCUT2D eigenvalue weighted by atomic mass is 35.5. The number of aromatic amines is 1. The van der Waals surface area contributed by atoms with Crippen molar-refractivity contribution in [2.24, 2.45) is 0 Å². The maximum atomic E-state index is 13.5. The summed E-state index contributed by atoms with van der Waals surface area (Å²) in [7, 11) is -4.64. The molecule has 5 N–H and O–H groups in total.